The molecular formula is C15H13NO3. The van der Waals surface area contributed by atoms with Crippen LogP contribution in [0, 0.1) is 6.92 Å². The van der Waals surface area contributed by atoms with Gasteiger partial charge in [-0.25, -0.2) is 4.79 Å². The van der Waals surface area contributed by atoms with Crippen LogP contribution in [-0.4, -0.2) is 21.8 Å². The summed E-state index contributed by atoms with van der Waals surface area (Å²) in [5, 5.41) is 9.05. The van der Waals surface area contributed by atoms with Gasteiger partial charge in [-0.05, 0) is 24.6 Å². The summed E-state index contributed by atoms with van der Waals surface area (Å²) in [7, 11) is 0. The maximum atomic E-state index is 12.1. The highest BCUT2D eigenvalue weighted by molar-refractivity contribution is 6.06. The maximum Gasteiger partial charge on any atom is 0.336 e. The number of carboxylic acid groups (broad SMARTS) is 1. The predicted molar refractivity (Wildman–Crippen MR) is 70.4 cm³/mol. The second-order valence-corrected chi connectivity index (χ2v) is 4.28. The molecule has 0 amide bonds. The summed E-state index contributed by atoms with van der Waals surface area (Å²) in [5.41, 5.74) is 1.90. The molecule has 0 unspecified atom stereocenters. The molecule has 0 aliphatic rings. The molecule has 96 valence electrons. The molecule has 1 heterocycles. The van der Waals surface area contributed by atoms with Crippen molar-refractivity contribution in [2.45, 2.75) is 13.3 Å². The number of carboxylic acids is 1. The van der Waals surface area contributed by atoms with Crippen molar-refractivity contribution in [3.63, 3.8) is 0 Å². The number of benzene rings is 1. The summed E-state index contributed by atoms with van der Waals surface area (Å²) < 4.78 is 0. The van der Waals surface area contributed by atoms with Crippen LogP contribution in [0.4, 0.5) is 0 Å². The molecule has 19 heavy (non-hydrogen) atoms. The predicted octanol–water partition coefficient (Wildman–Crippen LogP) is 2.51. The van der Waals surface area contributed by atoms with Gasteiger partial charge in [0.05, 0.1) is 12.0 Å². The van der Waals surface area contributed by atoms with Crippen LogP contribution in [0.15, 0.2) is 42.6 Å². The molecule has 0 spiro atoms. The van der Waals surface area contributed by atoms with Crippen LogP contribution in [0.3, 0.4) is 0 Å². The van der Waals surface area contributed by atoms with Crippen molar-refractivity contribution in [2.75, 3.05) is 0 Å². The number of nitrogens with zero attached hydrogens (tertiary/aromatic N) is 1. The Kier molecular flexibility index (Phi) is 3.71. The van der Waals surface area contributed by atoms with Crippen molar-refractivity contribution in [1.29, 1.82) is 0 Å². The van der Waals surface area contributed by atoms with Crippen molar-refractivity contribution in [2.24, 2.45) is 0 Å². The molecule has 2 aromatic rings. The highest BCUT2D eigenvalue weighted by Crippen LogP contribution is 2.12. The number of rotatable bonds is 4. The fourth-order valence-electron chi connectivity index (χ4n) is 1.78. The van der Waals surface area contributed by atoms with Gasteiger partial charge in [-0.1, -0.05) is 24.3 Å². The Hall–Kier alpha value is -2.49. The molecule has 0 atom stereocenters. The van der Waals surface area contributed by atoms with E-state index in [9.17, 15) is 9.59 Å². The van der Waals surface area contributed by atoms with E-state index in [1.807, 2.05) is 13.0 Å². The Labute approximate surface area is 110 Å². The van der Waals surface area contributed by atoms with Gasteiger partial charge in [0.15, 0.2) is 5.78 Å². The van der Waals surface area contributed by atoms with E-state index in [0.717, 1.165) is 5.56 Å². The zero-order valence-electron chi connectivity index (χ0n) is 10.5. The first kappa shape index (κ1) is 13.0. The molecule has 1 N–H and O–H groups in total. The Morgan fingerprint density at radius 2 is 1.79 bits per heavy atom. The number of hydrogen-bond acceptors (Lipinski definition) is 3. The van der Waals surface area contributed by atoms with Crippen LogP contribution in [-0.2, 0) is 6.42 Å². The first-order valence-corrected chi connectivity index (χ1v) is 5.85. The largest absolute Gasteiger partial charge is 0.478 e. The van der Waals surface area contributed by atoms with Crippen molar-refractivity contribution < 1.29 is 14.7 Å². The van der Waals surface area contributed by atoms with Crippen LogP contribution in [0.2, 0.25) is 0 Å². The number of aromatic carboxylic acids is 1. The van der Waals surface area contributed by atoms with E-state index in [-0.39, 0.29) is 23.3 Å². The molecule has 0 radical (unpaired) electrons. The SMILES string of the molecule is Cc1ccc(CC(=O)c2ccccc2C(=O)O)nc1. The number of Topliss-reactive ketones (excluding diaryl/α,β-unsaturated/α-hetero) is 1. The van der Waals surface area contributed by atoms with Gasteiger partial charge in [-0.3, -0.25) is 9.78 Å². The van der Waals surface area contributed by atoms with Gasteiger partial charge < -0.3 is 5.11 Å². The summed E-state index contributed by atoms with van der Waals surface area (Å²) in [6.45, 7) is 1.92. The molecule has 2 rings (SSSR count). The number of hydrogen-bond donors (Lipinski definition) is 1. The summed E-state index contributed by atoms with van der Waals surface area (Å²) in [5.74, 6) is -1.34. The Morgan fingerprint density at radius 1 is 1.11 bits per heavy atom. The maximum absolute atomic E-state index is 12.1. The van der Waals surface area contributed by atoms with Crippen LogP contribution >= 0.6 is 0 Å². The quantitative estimate of drug-likeness (QED) is 0.852. The number of pyridine rings is 1. The van der Waals surface area contributed by atoms with Crippen molar-refractivity contribution in [3.05, 3.63) is 65.0 Å². The van der Waals surface area contributed by atoms with E-state index in [0.29, 0.717) is 5.69 Å². The Bertz CT molecular complexity index is 618. The fraction of sp³-hybridized carbons (Fsp3) is 0.133. The van der Waals surface area contributed by atoms with E-state index in [4.69, 9.17) is 5.11 Å². The van der Waals surface area contributed by atoms with E-state index in [2.05, 4.69) is 4.98 Å². The summed E-state index contributed by atoms with van der Waals surface area (Å²) >= 11 is 0. The highest BCUT2D eigenvalue weighted by atomic mass is 16.4. The summed E-state index contributed by atoms with van der Waals surface area (Å²) in [6, 6.07) is 9.86. The first-order valence-electron chi connectivity index (χ1n) is 5.85. The smallest absolute Gasteiger partial charge is 0.336 e. The monoisotopic (exact) mass is 255 g/mol. The Balaban J connectivity index is 2.25. The lowest BCUT2D eigenvalue weighted by Gasteiger charge is -2.05. The van der Waals surface area contributed by atoms with E-state index in [1.54, 1.807) is 24.4 Å². The lowest BCUT2D eigenvalue weighted by molar-refractivity contribution is 0.0692. The van der Waals surface area contributed by atoms with Gasteiger partial charge in [0, 0.05) is 17.5 Å². The number of carbonyl (C=O) groups is 2. The minimum absolute atomic E-state index is 0.0274. The van der Waals surface area contributed by atoms with Crippen LogP contribution < -0.4 is 0 Å². The minimum atomic E-state index is -1.10. The average Bonchev–Trinajstić information content (AvgIpc) is 2.41. The van der Waals surface area contributed by atoms with E-state index in [1.165, 1.54) is 12.1 Å². The van der Waals surface area contributed by atoms with Crippen LogP contribution in [0.5, 0.6) is 0 Å². The van der Waals surface area contributed by atoms with E-state index < -0.39 is 5.97 Å². The molecule has 0 bridgehead atoms. The van der Waals surface area contributed by atoms with Gasteiger partial charge in [0.25, 0.3) is 0 Å². The minimum Gasteiger partial charge on any atom is -0.478 e. The molecule has 1 aromatic carbocycles. The number of aryl methyl sites for hydroxylation is 1. The number of ketones is 1. The standard InChI is InChI=1S/C15H13NO3/c1-10-6-7-11(16-9-10)8-14(17)12-4-2-3-5-13(12)15(18)19/h2-7,9H,8H2,1H3,(H,18,19). The fourth-order valence-corrected chi connectivity index (χ4v) is 1.78. The van der Waals surface area contributed by atoms with Crippen molar-refractivity contribution >= 4 is 11.8 Å². The van der Waals surface area contributed by atoms with Gasteiger partial charge in [-0.2, -0.15) is 0 Å². The highest BCUT2D eigenvalue weighted by Gasteiger charge is 2.16. The molecule has 4 heteroatoms. The Morgan fingerprint density at radius 3 is 2.37 bits per heavy atom. The van der Waals surface area contributed by atoms with Crippen LogP contribution in [0.1, 0.15) is 32.0 Å². The third kappa shape index (κ3) is 3.04. The molecule has 0 aliphatic carbocycles. The topological polar surface area (TPSA) is 67.3 Å². The second kappa shape index (κ2) is 5.44. The molecule has 0 fully saturated rings. The van der Waals surface area contributed by atoms with Crippen LogP contribution in [0.25, 0.3) is 0 Å². The van der Waals surface area contributed by atoms with Gasteiger partial charge in [0.1, 0.15) is 0 Å². The van der Waals surface area contributed by atoms with E-state index >= 15 is 0 Å². The zero-order chi connectivity index (χ0) is 13.8. The summed E-state index contributed by atoms with van der Waals surface area (Å²) in [6.07, 6.45) is 1.79. The third-order valence-corrected chi connectivity index (χ3v) is 2.77. The van der Waals surface area contributed by atoms with Gasteiger partial charge in [0.2, 0.25) is 0 Å². The average molecular weight is 255 g/mol. The number of aromatic nitrogens is 1. The molecule has 4 nitrogen and oxygen atoms in total. The zero-order valence-corrected chi connectivity index (χ0v) is 10.5. The van der Waals surface area contributed by atoms with Gasteiger partial charge in [-0.15, -0.1) is 0 Å². The molecule has 0 aliphatic heterocycles. The van der Waals surface area contributed by atoms with Crippen molar-refractivity contribution in [1.82, 2.24) is 4.98 Å². The normalized spacial score (nSPS) is 10.2. The first-order chi connectivity index (χ1) is 9.08. The van der Waals surface area contributed by atoms with Gasteiger partial charge >= 0.3 is 5.97 Å². The third-order valence-electron chi connectivity index (χ3n) is 2.77. The van der Waals surface area contributed by atoms with Crippen molar-refractivity contribution in [3.8, 4) is 0 Å². The molecular weight excluding hydrogens is 242 g/mol. The lowest BCUT2D eigenvalue weighted by Crippen LogP contribution is -2.11. The molecule has 1 aromatic heterocycles. The molecule has 0 saturated carbocycles. The lowest BCUT2D eigenvalue weighted by atomic mass is 10.0. The second-order valence-electron chi connectivity index (χ2n) is 4.28. The molecule has 0 saturated heterocycles. The number of carbonyl (C=O) groups excluding carboxylic acids is 1. The summed E-state index contributed by atoms with van der Waals surface area (Å²) in [4.78, 5) is 27.3.